The van der Waals surface area contributed by atoms with Crippen LogP contribution < -0.4 is 14.8 Å². The van der Waals surface area contributed by atoms with E-state index in [-0.39, 0.29) is 6.54 Å². The molecule has 0 saturated heterocycles. The molecule has 0 aliphatic heterocycles. The van der Waals surface area contributed by atoms with Gasteiger partial charge in [0.15, 0.2) is 29.0 Å². The number of rotatable bonds is 6. The zero-order valence-electron chi connectivity index (χ0n) is 12.3. The topological polar surface area (TPSA) is 30.5 Å². The molecule has 0 aliphatic rings. The molecule has 0 spiro atoms. The van der Waals surface area contributed by atoms with Crippen molar-refractivity contribution in [1.82, 2.24) is 5.32 Å². The molecule has 22 heavy (non-hydrogen) atoms. The van der Waals surface area contributed by atoms with Crippen molar-refractivity contribution in [3.8, 4) is 11.5 Å². The molecule has 0 fully saturated rings. The third kappa shape index (κ3) is 3.71. The minimum absolute atomic E-state index is 0.211. The Hall–Kier alpha value is -2.21. The Labute approximate surface area is 126 Å². The summed E-state index contributed by atoms with van der Waals surface area (Å²) < 4.78 is 49.4. The summed E-state index contributed by atoms with van der Waals surface area (Å²) in [6.45, 7) is 0.670. The first-order valence-corrected chi connectivity index (χ1v) is 6.60. The first-order valence-electron chi connectivity index (χ1n) is 6.60. The van der Waals surface area contributed by atoms with Crippen molar-refractivity contribution < 1.29 is 22.6 Å². The van der Waals surface area contributed by atoms with E-state index in [0.29, 0.717) is 23.6 Å². The molecular weight excluding hydrogens is 295 g/mol. The molecule has 2 aromatic carbocycles. The number of nitrogens with one attached hydrogen (secondary N) is 1. The lowest BCUT2D eigenvalue weighted by Gasteiger charge is -2.10. The van der Waals surface area contributed by atoms with E-state index < -0.39 is 17.5 Å². The quantitative estimate of drug-likeness (QED) is 0.829. The molecule has 0 aromatic heterocycles. The molecule has 0 aliphatic carbocycles. The normalized spacial score (nSPS) is 10.6. The molecule has 0 bridgehead atoms. The number of hydrogen-bond donors (Lipinski definition) is 1. The average Bonchev–Trinajstić information content (AvgIpc) is 2.52. The number of methoxy groups -OCH3 is 2. The predicted octanol–water partition coefficient (Wildman–Crippen LogP) is 3.41. The van der Waals surface area contributed by atoms with Gasteiger partial charge >= 0.3 is 0 Å². The fourth-order valence-electron chi connectivity index (χ4n) is 2.05. The third-order valence-electron chi connectivity index (χ3n) is 3.15. The minimum Gasteiger partial charge on any atom is -0.493 e. The van der Waals surface area contributed by atoms with Crippen LogP contribution in [0.2, 0.25) is 0 Å². The molecule has 0 unspecified atom stereocenters. The summed E-state index contributed by atoms with van der Waals surface area (Å²) in [5.41, 5.74) is 1.25. The molecule has 2 aromatic rings. The van der Waals surface area contributed by atoms with Crippen LogP contribution in [0.1, 0.15) is 11.1 Å². The van der Waals surface area contributed by atoms with Crippen LogP contribution in [-0.2, 0) is 13.1 Å². The van der Waals surface area contributed by atoms with Crippen LogP contribution in [0.3, 0.4) is 0 Å². The van der Waals surface area contributed by atoms with Gasteiger partial charge in [0.1, 0.15) is 0 Å². The second-order valence-electron chi connectivity index (χ2n) is 4.67. The first-order chi connectivity index (χ1) is 10.5. The highest BCUT2D eigenvalue weighted by atomic mass is 19.2. The summed E-state index contributed by atoms with van der Waals surface area (Å²) in [4.78, 5) is 0. The maximum Gasteiger partial charge on any atom is 0.194 e. The maximum absolute atomic E-state index is 13.1. The second-order valence-corrected chi connectivity index (χ2v) is 4.67. The maximum atomic E-state index is 13.1. The molecule has 6 heteroatoms. The zero-order chi connectivity index (χ0) is 16.1. The monoisotopic (exact) mass is 311 g/mol. The molecule has 2 rings (SSSR count). The van der Waals surface area contributed by atoms with Gasteiger partial charge in [-0.3, -0.25) is 0 Å². The van der Waals surface area contributed by atoms with Crippen LogP contribution in [0.5, 0.6) is 11.5 Å². The molecule has 0 atom stereocenters. The van der Waals surface area contributed by atoms with Crippen LogP contribution in [-0.4, -0.2) is 14.2 Å². The summed E-state index contributed by atoms with van der Waals surface area (Å²) in [5.74, 6) is -2.62. The fraction of sp³-hybridized carbons (Fsp3) is 0.250. The summed E-state index contributed by atoms with van der Waals surface area (Å²) in [6, 6.07) is 7.37. The SMILES string of the molecule is COc1ccc(CNCc2cc(F)c(F)c(F)c2)cc1OC. The Kier molecular flexibility index (Phi) is 5.27. The van der Waals surface area contributed by atoms with Gasteiger partial charge in [-0.1, -0.05) is 6.07 Å². The smallest absolute Gasteiger partial charge is 0.194 e. The number of ether oxygens (including phenoxy) is 2. The molecular formula is C16H16F3NO2. The third-order valence-corrected chi connectivity index (χ3v) is 3.15. The lowest BCUT2D eigenvalue weighted by molar-refractivity contribution is 0.354. The Morgan fingerprint density at radius 2 is 1.41 bits per heavy atom. The molecule has 0 heterocycles. The van der Waals surface area contributed by atoms with E-state index in [1.54, 1.807) is 26.4 Å². The number of hydrogen-bond acceptors (Lipinski definition) is 3. The van der Waals surface area contributed by atoms with Gasteiger partial charge in [-0.25, -0.2) is 13.2 Å². The highest BCUT2D eigenvalue weighted by Crippen LogP contribution is 2.27. The molecule has 3 nitrogen and oxygen atoms in total. The van der Waals surface area contributed by atoms with Crippen LogP contribution in [0.4, 0.5) is 13.2 Å². The molecule has 0 saturated carbocycles. The Morgan fingerprint density at radius 3 is 2.00 bits per heavy atom. The summed E-state index contributed by atoms with van der Waals surface area (Å²) in [6.07, 6.45) is 0. The van der Waals surface area contributed by atoms with Crippen molar-refractivity contribution in [2.24, 2.45) is 0 Å². The van der Waals surface area contributed by atoms with Crippen molar-refractivity contribution in [2.75, 3.05) is 14.2 Å². The van der Waals surface area contributed by atoms with E-state index in [0.717, 1.165) is 17.7 Å². The number of benzene rings is 2. The molecule has 0 radical (unpaired) electrons. The highest BCUT2D eigenvalue weighted by Gasteiger charge is 2.10. The largest absolute Gasteiger partial charge is 0.493 e. The van der Waals surface area contributed by atoms with Gasteiger partial charge in [0.25, 0.3) is 0 Å². The molecule has 1 N–H and O–H groups in total. The lowest BCUT2D eigenvalue weighted by Crippen LogP contribution is -2.13. The minimum atomic E-state index is -1.45. The van der Waals surface area contributed by atoms with Gasteiger partial charge < -0.3 is 14.8 Å². The van der Waals surface area contributed by atoms with Crippen LogP contribution in [0.25, 0.3) is 0 Å². The van der Waals surface area contributed by atoms with Crippen molar-refractivity contribution in [2.45, 2.75) is 13.1 Å². The van der Waals surface area contributed by atoms with Crippen molar-refractivity contribution in [3.63, 3.8) is 0 Å². The van der Waals surface area contributed by atoms with Gasteiger partial charge in [-0.05, 0) is 35.4 Å². The van der Waals surface area contributed by atoms with Gasteiger partial charge in [0, 0.05) is 13.1 Å². The van der Waals surface area contributed by atoms with Crippen molar-refractivity contribution in [3.05, 3.63) is 58.9 Å². The Bertz CT molecular complexity index is 639. The standard InChI is InChI=1S/C16H16F3NO2/c1-21-14-4-3-10(7-15(14)22-2)8-20-9-11-5-12(17)16(19)13(18)6-11/h3-7,20H,8-9H2,1-2H3. The van der Waals surface area contributed by atoms with Gasteiger partial charge in [-0.15, -0.1) is 0 Å². The van der Waals surface area contributed by atoms with Crippen molar-refractivity contribution in [1.29, 1.82) is 0 Å². The highest BCUT2D eigenvalue weighted by molar-refractivity contribution is 5.42. The van der Waals surface area contributed by atoms with E-state index in [1.165, 1.54) is 0 Å². The van der Waals surface area contributed by atoms with Gasteiger partial charge in [0.2, 0.25) is 0 Å². The fourth-order valence-corrected chi connectivity index (χ4v) is 2.05. The molecule has 118 valence electrons. The second kappa shape index (κ2) is 7.17. The first kappa shape index (κ1) is 16.2. The van der Waals surface area contributed by atoms with Gasteiger partial charge in [0.05, 0.1) is 14.2 Å². The van der Waals surface area contributed by atoms with Crippen LogP contribution in [0, 0.1) is 17.5 Å². The summed E-state index contributed by atoms with van der Waals surface area (Å²) in [5, 5.41) is 3.03. The van der Waals surface area contributed by atoms with E-state index in [1.807, 2.05) is 6.07 Å². The van der Waals surface area contributed by atoms with Gasteiger partial charge in [-0.2, -0.15) is 0 Å². The Balaban J connectivity index is 1.99. The Morgan fingerprint density at radius 1 is 0.818 bits per heavy atom. The summed E-state index contributed by atoms with van der Waals surface area (Å²) in [7, 11) is 3.09. The predicted molar refractivity (Wildman–Crippen MR) is 76.4 cm³/mol. The van der Waals surface area contributed by atoms with Crippen LogP contribution >= 0.6 is 0 Å². The number of halogens is 3. The average molecular weight is 311 g/mol. The molecule has 0 amide bonds. The van der Waals surface area contributed by atoms with Crippen LogP contribution in [0.15, 0.2) is 30.3 Å². The summed E-state index contributed by atoms with van der Waals surface area (Å²) >= 11 is 0. The zero-order valence-corrected chi connectivity index (χ0v) is 12.3. The van der Waals surface area contributed by atoms with E-state index in [4.69, 9.17) is 9.47 Å². The van der Waals surface area contributed by atoms with Crippen molar-refractivity contribution >= 4 is 0 Å². The van der Waals surface area contributed by atoms with E-state index >= 15 is 0 Å². The van der Waals surface area contributed by atoms with E-state index in [2.05, 4.69) is 5.32 Å². The lowest BCUT2D eigenvalue weighted by atomic mass is 10.1. The van der Waals surface area contributed by atoms with E-state index in [9.17, 15) is 13.2 Å².